The van der Waals surface area contributed by atoms with Crippen LogP contribution in [0.25, 0.3) is 0 Å². The summed E-state index contributed by atoms with van der Waals surface area (Å²) in [6, 6.07) is 0. The monoisotopic (exact) mass is 185 g/mol. The molecule has 1 heterocycles. The zero-order valence-electron chi connectivity index (χ0n) is 7.91. The van der Waals surface area contributed by atoms with Gasteiger partial charge in [-0.15, -0.1) is 0 Å². The van der Waals surface area contributed by atoms with Crippen molar-refractivity contribution in [1.82, 2.24) is 4.90 Å². The van der Waals surface area contributed by atoms with E-state index in [1.807, 2.05) is 6.92 Å². The summed E-state index contributed by atoms with van der Waals surface area (Å²) < 4.78 is 4.93. The summed E-state index contributed by atoms with van der Waals surface area (Å²) in [7, 11) is 0. The first-order valence-electron chi connectivity index (χ1n) is 4.61. The molecule has 13 heavy (non-hydrogen) atoms. The number of hydrogen-bond donors (Lipinski definition) is 0. The van der Waals surface area contributed by atoms with Crippen LogP contribution in [0.5, 0.6) is 0 Å². The Bertz CT molecular complexity index is 203. The van der Waals surface area contributed by atoms with Gasteiger partial charge in [-0.05, 0) is 6.42 Å². The van der Waals surface area contributed by atoms with E-state index in [1.165, 1.54) is 0 Å². The normalized spacial score (nSPS) is 19.9. The van der Waals surface area contributed by atoms with Crippen LogP contribution in [0.15, 0.2) is 0 Å². The number of nitrogens with zero attached hydrogens (tertiary/aromatic N) is 1. The SMILES string of the molecule is CCCN1CCC(=O)COCC1=O. The fourth-order valence-corrected chi connectivity index (χ4v) is 1.31. The molecule has 0 aromatic heterocycles. The zero-order chi connectivity index (χ0) is 9.68. The van der Waals surface area contributed by atoms with E-state index in [0.29, 0.717) is 13.0 Å². The number of carbonyl (C=O) groups excluding carboxylic acids is 2. The van der Waals surface area contributed by atoms with Crippen LogP contribution >= 0.6 is 0 Å². The van der Waals surface area contributed by atoms with E-state index >= 15 is 0 Å². The second-order valence-corrected chi connectivity index (χ2v) is 3.16. The minimum absolute atomic E-state index is 0.00523. The van der Waals surface area contributed by atoms with Crippen molar-refractivity contribution in [3.63, 3.8) is 0 Å². The first kappa shape index (κ1) is 10.2. The zero-order valence-corrected chi connectivity index (χ0v) is 7.91. The van der Waals surface area contributed by atoms with Crippen molar-refractivity contribution >= 4 is 11.7 Å². The number of carbonyl (C=O) groups is 2. The Morgan fingerprint density at radius 2 is 2.15 bits per heavy atom. The highest BCUT2D eigenvalue weighted by molar-refractivity contribution is 5.83. The van der Waals surface area contributed by atoms with Gasteiger partial charge in [-0.25, -0.2) is 0 Å². The molecule has 0 atom stereocenters. The maximum atomic E-state index is 11.4. The number of Topliss-reactive ketones (excluding diaryl/α,β-unsaturated/α-hetero) is 1. The summed E-state index contributed by atoms with van der Waals surface area (Å²) >= 11 is 0. The molecular weight excluding hydrogens is 170 g/mol. The van der Waals surface area contributed by atoms with Gasteiger partial charge >= 0.3 is 0 Å². The molecule has 1 aliphatic heterocycles. The summed E-state index contributed by atoms with van der Waals surface area (Å²) in [5, 5.41) is 0. The van der Waals surface area contributed by atoms with Crippen LogP contribution < -0.4 is 0 Å². The Morgan fingerprint density at radius 3 is 2.85 bits per heavy atom. The lowest BCUT2D eigenvalue weighted by Crippen LogP contribution is -2.39. The lowest BCUT2D eigenvalue weighted by Gasteiger charge is -2.23. The van der Waals surface area contributed by atoms with E-state index in [9.17, 15) is 9.59 Å². The van der Waals surface area contributed by atoms with Crippen molar-refractivity contribution in [2.24, 2.45) is 0 Å². The topological polar surface area (TPSA) is 46.6 Å². The smallest absolute Gasteiger partial charge is 0.248 e. The average molecular weight is 185 g/mol. The molecule has 0 spiro atoms. The molecule has 0 aromatic carbocycles. The molecule has 1 amide bonds. The van der Waals surface area contributed by atoms with Crippen LogP contribution in [0.4, 0.5) is 0 Å². The molecule has 0 aliphatic carbocycles. The minimum Gasteiger partial charge on any atom is -0.364 e. The van der Waals surface area contributed by atoms with Crippen molar-refractivity contribution in [2.45, 2.75) is 19.8 Å². The Morgan fingerprint density at radius 1 is 1.38 bits per heavy atom. The number of ether oxygens (including phenoxy) is 1. The highest BCUT2D eigenvalue weighted by Crippen LogP contribution is 2.00. The first-order chi connectivity index (χ1) is 6.24. The third-order valence-corrected chi connectivity index (χ3v) is 2.00. The van der Waals surface area contributed by atoms with Crippen LogP contribution in [0.1, 0.15) is 19.8 Å². The lowest BCUT2D eigenvalue weighted by molar-refractivity contribution is -0.141. The summed E-state index contributed by atoms with van der Waals surface area (Å²) in [4.78, 5) is 24.1. The van der Waals surface area contributed by atoms with Crippen LogP contribution in [0.2, 0.25) is 0 Å². The predicted octanol–water partition coefficient (Wildman–Crippen LogP) is 0.214. The average Bonchev–Trinajstić information content (AvgIpc) is 2.10. The molecule has 0 bridgehead atoms. The highest BCUT2D eigenvalue weighted by Gasteiger charge is 2.17. The van der Waals surface area contributed by atoms with Crippen LogP contribution in [-0.2, 0) is 14.3 Å². The molecule has 0 aromatic rings. The van der Waals surface area contributed by atoms with Gasteiger partial charge in [-0.1, -0.05) is 6.92 Å². The van der Waals surface area contributed by atoms with E-state index in [1.54, 1.807) is 4.90 Å². The van der Waals surface area contributed by atoms with Gasteiger partial charge in [-0.2, -0.15) is 0 Å². The summed E-state index contributed by atoms with van der Waals surface area (Å²) in [5.74, 6) is 0.0722. The number of hydrogen-bond acceptors (Lipinski definition) is 3. The Kier molecular flexibility index (Phi) is 3.89. The number of rotatable bonds is 2. The minimum atomic E-state index is -0.00523. The van der Waals surface area contributed by atoms with Gasteiger partial charge < -0.3 is 9.64 Å². The molecule has 1 fully saturated rings. The molecule has 4 heteroatoms. The molecule has 4 nitrogen and oxygen atoms in total. The molecule has 0 saturated carbocycles. The highest BCUT2D eigenvalue weighted by atomic mass is 16.5. The van der Waals surface area contributed by atoms with E-state index in [4.69, 9.17) is 4.74 Å². The summed E-state index contributed by atoms with van der Waals surface area (Å²) in [6.07, 6.45) is 1.34. The van der Waals surface area contributed by atoms with E-state index in [-0.39, 0.29) is 24.9 Å². The fraction of sp³-hybridized carbons (Fsp3) is 0.778. The summed E-state index contributed by atoms with van der Waals surface area (Å²) in [5.41, 5.74) is 0. The van der Waals surface area contributed by atoms with E-state index in [2.05, 4.69) is 0 Å². The fourth-order valence-electron chi connectivity index (χ4n) is 1.31. The van der Waals surface area contributed by atoms with Crippen molar-refractivity contribution in [2.75, 3.05) is 26.3 Å². The largest absolute Gasteiger partial charge is 0.364 e. The number of ketones is 1. The molecule has 1 rings (SSSR count). The molecule has 0 N–H and O–H groups in total. The van der Waals surface area contributed by atoms with Gasteiger partial charge in [0.1, 0.15) is 13.2 Å². The number of amides is 1. The molecule has 1 saturated heterocycles. The second kappa shape index (κ2) is 4.97. The Balaban J connectivity index is 2.48. The van der Waals surface area contributed by atoms with Gasteiger partial charge in [0.05, 0.1) is 0 Å². The predicted molar refractivity (Wildman–Crippen MR) is 47.3 cm³/mol. The van der Waals surface area contributed by atoms with Crippen LogP contribution in [0, 0.1) is 0 Å². The van der Waals surface area contributed by atoms with Gasteiger partial charge in [0.25, 0.3) is 0 Å². The van der Waals surface area contributed by atoms with Crippen molar-refractivity contribution in [3.05, 3.63) is 0 Å². The van der Waals surface area contributed by atoms with Gasteiger partial charge in [0.15, 0.2) is 5.78 Å². The van der Waals surface area contributed by atoms with Crippen molar-refractivity contribution in [1.29, 1.82) is 0 Å². The summed E-state index contributed by atoms with van der Waals surface area (Å²) in [6.45, 7) is 3.41. The maximum absolute atomic E-state index is 11.4. The molecular formula is C9H15NO3. The third-order valence-electron chi connectivity index (χ3n) is 2.00. The lowest BCUT2D eigenvalue weighted by atomic mass is 10.2. The van der Waals surface area contributed by atoms with Gasteiger partial charge in [0.2, 0.25) is 5.91 Å². The van der Waals surface area contributed by atoms with Crippen LogP contribution in [-0.4, -0.2) is 42.9 Å². The quantitative estimate of drug-likeness (QED) is 0.618. The van der Waals surface area contributed by atoms with E-state index < -0.39 is 0 Å². The molecule has 1 aliphatic rings. The van der Waals surface area contributed by atoms with E-state index in [0.717, 1.165) is 13.0 Å². The first-order valence-corrected chi connectivity index (χ1v) is 4.61. The second-order valence-electron chi connectivity index (χ2n) is 3.16. The van der Waals surface area contributed by atoms with Crippen molar-refractivity contribution < 1.29 is 14.3 Å². The Labute approximate surface area is 77.8 Å². The molecule has 0 unspecified atom stereocenters. The maximum Gasteiger partial charge on any atom is 0.248 e. The standard InChI is InChI=1S/C9H15NO3/c1-2-4-10-5-3-8(11)6-13-7-9(10)12/h2-7H2,1H3. The van der Waals surface area contributed by atoms with Gasteiger partial charge in [-0.3, -0.25) is 9.59 Å². The Hall–Kier alpha value is -0.900. The van der Waals surface area contributed by atoms with Gasteiger partial charge in [0, 0.05) is 19.5 Å². The molecule has 0 radical (unpaired) electrons. The molecule has 74 valence electrons. The van der Waals surface area contributed by atoms with Crippen molar-refractivity contribution in [3.8, 4) is 0 Å². The van der Waals surface area contributed by atoms with Crippen LogP contribution in [0.3, 0.4) is 0 Å². The third kappa shape index (κ3) is 3.14.